The number of carbonyl (C=O) groups excluding carboxylic acids is 1. The van der Waals surface area contributed by atoms with Crippen molar-refractivity contribution < 1.29 is 14.7 Å². The molecule has 6 nitrogen and oxygen atoms in total. The molecule has 0 bridgehead atoms. The number of nitrogens with one attached hydrogen (secondary N) is 1. The fourth-order valence-electron chi connectivity index (χ4n) is 1.78. The third-order valence-corrected chi connectivity index (χ3v) is 3.62. The minimum Gasteiger partial charge on any atom is -0.481 e. The highest BCUT2D eigenvalue weighted by molar-refractivity contribution is 5.94. The molecule has 110 valence electrons. The summed E-state index contributed by atoms with van der Waals surface area (Å²) in [5.41, 5.74) is 0.525. The molecule has 0 fully saturated rings. The number of benzene rings is 1. The van der Waals surface area contributed by atoms with Gasteiger partial charge in [0.05, 0.1) is 22.6 Å². The van der Waals surface area contributed by atoms with Crippen LogP contribution in [0.5, 0.6) is 0 Å². The van der Waals surface area contributed by atoms with Crippen molar-refractivity contribution >= 4 is 22.9 Å². The Labute approximate surface area is 122 Å². The lowest BCUT2D eigenvalue weighted by Crippen LogP contribution is -2.40. The van der Waals surface area contributed by atoms with Crippen LogP contribution in [-0.2, 0) is 4.79 Å². The lowest BCUT2D eigenvalue weighted by Gasteiger charge is -2.23. The van der Waals surface area contributed by atoms with Crippen LogP contribution in [0.2, 0.25) is 0 Å². The van der Waals surface area contributed by atoms with E-state index < -0.39 is 17.3 Å². The van der Waals surface area contributed by atoms with Gasteiger partial charge in [-0.25, -0.2) is 4.98 Å². The predicted octanol–water partition coefficient (Wildman–Crippen LogP) is 1.86. The number of nitrogens with zero attached hydrogens (tertiary/aromatic N) is 2. The molecule has 2 N–H and O–H groups in total. The molecule has 0 aliphatic rings. The topological polar surface area (TPSA) is 92.2 Å². The molecule has 1 atom stereocenters. The van der Waals surface area contributed by atoms with Crippen molar-refractivity contribution in [3.8, 4) is 0 Å². The number of fused-ring (bicyclic) bond motifs is 1. The molecular weight excluding hydrogens is 270 g/mol. The van der Waals surface area contributed by atoms with Gasteiger partial charge in [0.1, 0.15) is 5.69 Å². The molecule has 0 spiro atoms. The number of carboxylic acid groups (broad SMARTS) is 1. The molecule has 1 amide bonds. The normalized spacial score (nSPS) is 13.6. The Morgan fingerprint density at radius 2 is 1.95 bits per heavy atom. The molecule has 0 saturated carbocycles. The zero-order chi connectivity index (χ0) is 15.5. The van der Waals surface area contributed by atoms with Gasteiger partial charge in [0.15, 0.2) is 0 Å². The first kappa shape index (κ1) is 14.9. The average molecular weight is 287 g/mol. The molecule has 1 heterocycles. The first-order valence-corrected chi connectivity index (χ1v) is 6.69. The fraction of sp³-hybridized carbons (Fsp3) is 0.333. The summed E-state index contributed by atoms with van der Waals surface area (Å²) in [4.78, 5) is 31.7. The summed E-state index contributed by atoms with van der Waals surface area (Å²) >= 11 is 0. The summed E-state index contributed by atoms with van der Waals surface area (Å²) in [7, 11) is 0. The Kier molecular flexibility index (Phi) is 4.16. The summed E-state index contributed by atoms with van der Waals surface area (Å²) < 4.78 is 0. The van der Waals surface area contributed by atoms with Crippen molar-refractivity contribution in [2.24, 2.45) is 5.41 Å². The van der Waals surface area contributed by atoms with Gasteiger partial charge in [0, 0.05) is 6.54 Å². The minimum atomic E-state index is -0.986. The number of carbonyl (C=O) groups is 2. The van der Waals surface area contributed by atoms with E-state index in [4.69, 9.17) is 0 Å². The number of aliphatic carboxylic acids is 1. The largest absolute Gasteiger partial charge is 0.481 e. The molecule has 2 rings (SSSR count). The highest BCUT2D eigenvalue weighted by Gasteiger charge is 2.31. The van der Waals surface area contributed by atoms with Gasteiger partial charge in [-0.2, -0.15) is 0 Å². The standard InChI is InChI=1S/C15H17N3O3/c1-3-15(2,14(20)21)9-17-13(19)12-8-16-10-6-4-5-7-11(10)18-12/h4-8H,3,9H2,1-2H3,(H,17,19)(H,20,21). The first-order chi connectivity index (χ1) is 9.96. The second-order valence-electron chi connectivity index (χ2n) is 5.15. The second kappa shape index (κ2) is 5.87. The van der Waals surface area contributed by atoms with E-state index in [1.807, 2.05) is 18.2 Å². The van der Waals surface area contributed by atoms with Gasteiger partial charge < -0.3 is 10.4 Å². The third-order valence-electron chi connectivity index (χ3n) is 3.62. The Morgan fingerprint density at radius 3 is 2.57 bits per heavy atom. The number of hydrogen-bond donors (Lipinski definition) is 2. The molecule has 21 heavy (non-hydrogen) atoms. The molecule has 1 unspecified atom stereocenters. The van der Waals surface area contributed by atoms with Crippen LogP contribution in [0.3, 0.4) is 0 Å². The van der Waals surface area contributed by atoms with Crippen LogP contribution in [0.25, 0.3) is 11.0 Å². The van der Waals surface area contributed by atoms with Crippen LogP contribution in [0.15, 0.2) is 30.5 Å². The van der Waals surface area contributed by atoms with Crippen molar-refractivity contribution in [3.05, 3.63) is 36.2 Å². The molecule has 1 aromatic carbocycles. The van der Waals surface area contributed by atoms with Crippen LogP contribution >= 0.6 is 0 Å². The first-order valence-electron chi connectivity index (χ1n) is 6.69. The maximum Gasteiger partial charge on any atom is 0.311 e. The van der Waals surface area contributed by atoms with Gasteiger partial charge in [0.25, 0.3) is 5.91 Å². The van der Waals surface area contributed by atoms with E-state index in [-0.39, 0.29) is 12.2 Å². The lowest BCUT2D eigenvalue weighted by molar-refractivity contribution is -0.147. The number of hydrogen-bond acceptors (Lipinski definition) is 4. The van der Waals surface area contributed by atoms with E-state index in [9.17, 15) is 14.7 Å². The molecule has 2 aromatic rings. The Morgan fingerprint density at radius 1 is 1.29 bits per heavy atom. The number of rotatable bonds is 5. The Balaban J connectivity index is 2.14. The van der Waals surface area contributed by atoms with E-state index in [0.717, 1.165) is 0 Å². The van der Waals surface area contributed by atoms with Gasteiger partial charge >= 0.3 is 5.97 Å². The maximum atomic E-state index is 12.1. The van der Waals surface area contributed by atoms with Gasteiger partial charge in [-0.05, 0) is 25.5 Å². The van der Waals surface area contributed by atoms with Gasteiger partial charge in [-0.15, -0.1) is 0 Å². The predicted molar refractivity (Wildman–Crippen MR) is 77.9 cm³/mol. The summed E-state index contributed by atoms with van der Waals surface area (Å²) in [5, 5.41) is 11.8. The van der Waals surface area contributed by atoms with Crippen LogP contribution in [0.1, 0.15) is 30.8 Å². The molecule has 0 saturated heterocycles. The molecule has 6 heteroatoms. The average Bonchev–Trinajstić information content (AvgIpc) is 2.51. The number of para-hydroxylation sites is 2. The fourth-order valence-corrected chi connectivity index (χ4v) is 1.78. The van der Waals surface area contributed by atoms with Crippen LogP contribution in [0, 0.1) is 5.41 Å². The van der Waals surface area contributed by atoms with Crippen molar-refractivity contribution in [1.82, 2.24) is 15.3 Å². The molecular formula is C15H17N3O3. The third kappa shape index (κ3) is 3.16. The monoisotopic (exact) mass is 287 g/mol. The summed E-state index contributed by atoms with van der Waals surface area (Å²) in [6.07, 6.45) is 1.81. The van der Waals surface area contributed by atoms with E-state index in [2.05, 4.69) is 15.3 Å². The van der Waals surface area contributed by atoms with Gasteiger partial charge in [-0.3, -0.25) is 14.6 Å². The second-order valence-corrected chi connectivity index (χ2v) is 5.15. The quantitative estimate of drug-likeness (QED) is 0.875. The van der Waals surface area contributed by atoms with E-state index >= 15 is 0 Å². The maximum absolute atomic E-state index is 12.1. The summed E-state index contributed by atoms with van der Waals surface area (Å²) in [6.45, 7) is 3.42. The van der Waals surface area contributed by atoms with E-state index in [1.54, 1.807) is 19.9 Å². The van der Waals surface area contributed by atoms with Crippen molar-refractivity contribution in [2.75, 3.05) is 6.54 Å². The highest BCUT2D eigenvalue weighted by Crippen LogP contribution is 2.20. The van der Waals surface area contributed by atoms with E-state index in [1.165, 1.54) is 6.20 Å². The van der Waals surface area contributed by atoms with E-state index in [0.29, 0.717) is 17.5 Å². The smallest absolute Gasteiger partial charge is 0.311 e. The SMILES string of the molecule is CCC(C)(CNC(=O)c1cnc2ccccc2n1)C(=O)O. The number of aromatic nitrogens is 2. The van der Waals surface area contributed by atoms with Gasteiger partial charge in [0.2, 0.25) is 0 Å². The molecule has 1 aromatic heterocycles. The van der Waals surface area contributed by atoms with Crippen LogP contribution in [0.4, 0.5) is 0 Å². The van der Waals surface area contributed by atoms with Crippen molar-refractivity contribution in [3.63, 3.8) is 0 Å². The zero-order valence-corrected chi connectivity index (χ0v) is 12.0. The molecule has 0 aliphatic heterocycles. The summed E-state index contributed by atoms with van der Waals surface area (Å²) in [6, 6.07) is 7.24. The molecule has 0 aliphatic carbocycles. The van der Waals surface area contributed by atoms with Crippen molar-refractivity contribution in [2.45, 2.75) is 20.3 Å². The molecule has 0 radical (unpaired) electrons. The van der Waals surface area contributed by atoms with Crippen LogP contribution in [-0.4, -0.2) is 33.5 Å². The Bertz CT molecular complexity index is 687. The number of carboxylic acids is 1. The minimum absolute atomic E-state index is 0.0478. The van der Waals surface area contributed by atoms with Crippen molar-refractivity contribution in [1.29, 1.82) is 0 Å². The lowest BCUT2D eigenvalue weighted by atomic mass is 9.88. The summed E-state index contributed by atoms with van der Waals surface area (Å²) in [5.74, 6) is -1.36. The highest BCUT2D eigenvalue weighted by atomic mass is 16.4. The number of amides is 1. The van der Waals surface area contributed by atoms with Gasteiger partial charge in [-0.1, -0.05) is 19.1 Å². The zero-order valence-electron chi connectivity index (χ0n) is 12.0. The Hall–Kier alpha value is -2.50. The van der Waals surface area contributed by atoms with Crippen LogP contribution < -0.4 is 5.32 Å².